The first-order valence-electron chi connectivity index (χ1n) is 5.11. The number of carboxylic acid groups (broad SMARTS) is 1. The highest BCUT2D eigenvalue weighted by molar-refractivity contribution is 9.10. The zero-order valence-electron chi connectivity index (χ0n) is 10.1. The topological polar surface area (TPSA) is 113 Å². The number of hydrogen-bond donors (Lipinski definition) is 3. The first-order valence-corrected chi connectivity index (χ1v) is 7.39. The number of benzene rings is 1. The van der Waals surface area contributed by atoms with Crippen molar-refractivity contribution in [2.24, 2.45) is 0 Å². The van der Waals surface area contributed by atoms with Gasteiger partial charge < -0.3 is 10.4 Å². The van der Waals surface area contributed by atoms with Gasteiger partial charge in [-0.25, -0.2) is 22.3 Å². The number of likely N-dealkylation sites (N-methyl/N-ethyl adjacent to an activating group) is 1. The highest BCUT2D eigenvalue weighted by Crippen LogP contribution is 2.24. The Labute approximate surface area is 122 Å². The molecule has 0 radical (unpaired) electrons. The summed E-state index contributed by atoms with van der Waals surface area (Å²) in [6, 6.07) is 1.85. The largest absolute Gasteiger partial charge is 0.478 e. The Hall–Kier alpha value is -1.52. The number of carbonyl (C=O) groups is 2. The summed E-state index contributed by atoms with van der Waals surface area (Å²) in [5.74, 6) is -3.63. The number of halogens is 2. The van der Waals surface area contributed by atoms with Crippen molar-refractivity contribution >= 4 is 37.8 Å². The molecule has 3 N–H and O–H groups in total. The van der Waals surface area contributed by atoms with E-state index in [1.165, 1.54) is 7.05 Å². The smallest absolute Gasteiger partial charge is 0.338 e. The van der Waals surface area contributed by atoms with Crippen LogP contribution in [0.4, 0.5) is 4.39 Å². The summed E-state index contributed by atoms with van der Waals surface area (Å²) in [4.78, 5) is 21.0. The average molecular weight is 369 g/mol. The second-order valence-corrected chi connectivity index (χ2v) is 6.22. The number of rotatable bonds is 5. The Morgan fingerprint density at radius 3 is 2.50 bits per heavy atom. The van der Waals surface area contributed by atoms with Crippen molar-refractivity contribution < 1.29 is 27.5 Å². The van der Waals surface area contributed by atoms with Crippen molar-refractivity contribution in [1.29, 1.82) is 0 Å². The summed E-state index contributed by atoms with van der Waals surface area (Å²) in [5.41, 5.74) is -0.792. The van der Waals surface area contributed by atoms with Gasteiger partial charge in [0.15, 0.2) is 5.82 Å². The van der Waals surface area contributed by atoms with E-state index in [-0.39, 0.29) is 4.47 Å². The highest BCUT2D eigenvalue weighted by Gasteiger charge is 2.25. The first kappa shape index (κ1) is 16.5. The number of aromatic carboxylic acids is 1. The fourth-order valence-electron chi connectivity index (χ4n) is 1.24. The van der Waals surface area contributed by atoms with Crippen LogP contribution in [0.3, 0.4) is 0 Å². The third-order valence-electron chi connectivity index (χ3n) is 2.23. The van der Waals surface area contributed by atoms with Gasteiger partial charge in [-0.1, -0.05) is 15.9 Å². The van der Waals surface area contributed by atoms with E-state index in [0.29, 0.717) is 0 Å². The van der Waals surface area contributed by atoms with E-state index < -0.39 is 44.7 Å². The number of carbonyl (C=O) groups excluding carboxylic acids is 1. The summed E-state index contributed by atoms with van der Waals surface area (Å²) in [6.45, 7) is -0.590. The molecule has 0 heterocycles. The van der Waals surface area contributed by atoms with Gasteiger partial charge in [0.25, 0.3) is 0 Å². The van der Waals surface area contributed by atoms with Crippen LogP contribution in [0.2, 0.25) is 0 Å². The van der Waals surface area contributed by atoms with Crippen molar-refractivity contribution in [3.8, 4) is 0 Å². The molecule has 0 saturated heterocycles. The van der Waals surface area contributed by atoms with E-state index in [9.17, 15) is 22.4 Å². The zero-order valence-corrected chi connectivity index (χ0v) is 12.5. The van der Waals surface area contributed by atoms with Crippen LogP contribution < -0.4 is 10.0 Å². The van der Waals surface area contributed by atoms with Crippen LogP contribution in [-0.4, -0.2) is 39.0 Å². The second-order valence-electron chi connectivity index (χ2n) is 3.57. The van der Waals surface area contributed by atoms with E-state index in [0.717, 1.165) is 12.1 Å². The molecule has 110 valence electrons. The van der Waals surface area contributed by atoms with Crippen molar-refractivity contribution in [3.63, 3.8) is 0 Å². The lowest BCUT2D eigenvalue weighted by Crippen LogP contribution is -2.35. The summed E-state index contributed by atoms with van der Waals surface area (Å²) in [7, 11) is -3.05. The zero-order chi connectivity index (χ0) is 15.5. The molecule has 0 aliphatic carbocycles. The van der Waals surface area contributed by atoms with Crippen LogP contribution >= 0.6 is 15.9 Å². The summed E-state index contributed by atoms with van der Waals surface area (Å²) in [5, 5.41) is 11.0. The standard InChI is InChI=1S/C10H10BrFN2O5S/c1-13-8(15)4-14-20(18,19)7-3-5(11)2-6(9(7)12)10(16)17/h2-3,14H,4H2,1H3,(H,13,15)(H,16,17). The number of sulfonamides is 1. The number of hydrogen-bond acceptors (Lipinski definition) is 4. The van der Waals surface area contributed by atoms with Crippen molar-refractivity contribution in [2.75, 3.05) is 13.6 Å². The molecule has 0 atom stereocenters. The number of carboxylic acids is 1. The highest BCUT2D eigenvalue weighted by atomic mass is 79.9. The third-order valence-corrected chi connectivity index (χ3v) is 4.08. The molecule has 10 heteroatoms. The van der Waals surface area contributed by atoms with Crippen LogP contribution in [0, 0.1) is 5.82 Å². The van der Waals surface area contributed by atoms with Gasteiger partial charge in [0.05, 0.1) is 12.1 Å². The number of amides is 1. The minimum absolute atomic E-state index is 0.0802. The molecular weight excluding hydrogens is 359 g/mol. The van der Waals surface area contributed by atoms with Gasteiger partial charge in [0.2, 0.25) is 15.9 Å². The SMILES string of the molecule is CNC(=O)CNS(=O)(=O)c1cc(Br)cc(C(=O)O)c1F. The Morgan fingerprint density at radius 1 is 1.40 bits per heavy atom. The molecule has 0 saturated carbocycles. The quantitative estimate of drug-likeness (QED) is 0.692. The molecule has 0 spiro atoms. The predicted molar refractivity (Wildman–Crippen MR) is 70.3 cm³/mol. The Morgan fingerprint density at radius 2 is 2.00 bits per heavy atom. The fraction of sp³-hybridized carbons (Fsp3) is 0.200. The molecular formula is C10H10BrFN2O5S. The Bertz CT molecular complexity index is 662. The van der Waals surface area contributed by atoms with Crippen LogP contribution in [0.15, 0.2) is 21.5 Å². The molecule has 0 unspecified atom stereocenters. The van der Waals surface area contributed by atoms with Gasteiger partial charge in [-0.15, -0.1) is 0 Å². The van der Waals surface area contributed by atoms with Gasteiger partial charge in [-0.3, -0.25) is 4.79 Å². The van der Waals surface area contributed by atoms with Crippen LogP contribution in [0.25, 0.3) is 0 Å². The number of nitrogens with one attached hydrogen (secondary N) is 2. The molecule has 0 fully saturated rings. The van der Waals surface area contributed by atoms with E-state index in [1.54, 1.807) is 0 Å². The monoisotopic (exact) mass is 368 g/mol. The minimum atomic E-state index is -4.35. The normalized spacial score (nSPS) is 11.2. The first-order chi connectivity index (χ1) is 9.19. The van der Waals surface area contributed by atoms with E-state index in [4.69, 9.17) is 5.11 Å². The molecule has 1 aromatic rings. The van der Waals surface area contributed by atoms with E-state index >= 15 is 0 Å². The molecule has 0 aromatic heterocycles. The molecule has 1 amide bonds. The van der Waals surface area contributed by atoms with Crippen molar-refractivity contribution in [1.82, 2.24) is 10.0 Å². The maximum Gasteiger partial charge on any atom is 0.338 e. The maximum atomic E-state index is 13.9. The molecule has 0 bridgehead atoms. The third kappa shape index (κ3) is 3.74. The summed E-state index contributed by atoms with van der Waals surface area (Å²) < 4.78 is 39.5. The van der Waals surface area contributed by atoms with Gasteiger partial charge in [0, 0.05) is 11.5 Å². The van der Waals surface area contributed by atoms with Crippen LogP contribution in [0.1, 0.15) is 10.4 Å². The lowest BCUT2D eigenvalue weighted by molar-refractivity contribution is -0.119. The fourth-order valence-corrected chi connectivity index (χ4v) is 2.96. The minimum Gasteiger partial charge on any atom is -0.478 e. The molecule has 1 rings (SSSR count). The van der Waals surface area contributed by atoms with Gasteiger partial charge in [-0.05, 0) is 12.1 Å². The van der Waals surface area contributed by atoms with Crippen molar-refractivity contribution in [2.45, 2.75) is 4.90 Å². The molecule has 20 heavy (non-hydrogen) atoms. The lowest BCUT2D eigenvalue weighted by atomic mass is 10.2. The molecule has 1 aromatic carbocycles. The molecule has 0 aliphatic heterocycles. The summed E-state index contributed by atoms with van der Waals surface area (Å²) >= 11 is 2.90. The maximum absolute atomic E-state index is 13.9. The average Bonchev–Trinajstić information content (AvgIpc) is 2.37. The van der Waals surface area contributed by atoms with Gasteiger partial charge >= 0.3 is 5.97 Å². The molecule has 0 aliphatic rings. The van der Waals surface area contributed by atoms with Crippen LogP contribution in [0.5, 0.6) is 0 Å². The Kier molecular flexibility index (Phi) is 5.20. The van der Waals surface area contributed by atoms with Crippen LogP contribution in [-0.2, 0) is 14.8 Å². The van der Waals surface area contributed by atoms with E-state index in [1.807, 2.05) is 4.72 Å². The van der Waals surface area contributed by atoms with Crippen molar-refractivity contribution in [3.05, 3.63) is 28.0 Å². The van der Waals surface area contributed by atoms with Gasteiger partial charge in [0.1, 0.15) is 4.90 Å². The molecule has 7 nitrogen and oxygen atoms in total. The van der Waals surface area contributed by atoms with Gasteiger partial charge in [-0.2, -0.15) is 0 Å². The second kappa shape index (κ2) is 6.29. The predicted octanol–water partition coefficient (Wildman–Crippen LogP) is 0.311. The lowest BCUT2D eigenvalue weighted by Gasteiger charge is -2.09. The Balaban J connectivity index is 3.25. The van der Waals surface area contributed by atoms with E-state index in [2.05, 4.69) is 21.2 Å². The summed E-state index contributed by atoms with van der Waals surface area (Å²) in [6.07, 6.45) is 0.